The molecule has 2 aromatic carbocycles. The molecule has 0 radical (unpaired) electrons. The average molecular weight is 341 g/mol. The lowest BCUT2D eigenvalue weighted by Gasteiger charge is -2.18. The van der Waals surface area contributed by atoms with E-state index in [-0.39, 0.29) is 5.69 Å². The SMILES string of the molecule is CCC(Oc1ccc(F)cc1)C(=O)Nc1cccc(C(F)(F)F)c1. The summed E-state index contributed by atoms with van der Waals surface area (Å²) in [7, 11) is 0. The molecule has 0 aromatic heterocycles. The second-order valence-corrected chi connectivity index (χ2v) is 5.04. The van der Waals surface area contributed by atoms with Crippen molar-refractivity contribution in [3.63, 3.8) is 0 Å². The summed E-state index contributed by atoms with van der Waals surface area (Å²) in [5.74, 6) is -0.729. The van der Waals surface area contributed by atoms with Crippen molar-refractivity contribution in [3.8, 4) is 5.75 Å². The Morgan fingerprint density at radius 2 is 1.83 bits per heavy atom. The Labute approximate surface area is 136 Å². The maximum absolute atomic E-state index is 12.9. The molecule has 1 atom stereocenters. The summed E-state index contributed by atoms with van der Waals surface area (Å²) in [5, 5.41) is 2.40. The van der Waals surface area contributed by atoms with Crippen LogP contribution in [0.15, 0.2) is 48.5 Å². The third-order valence-corrected chi connectivity index (χ3v) is 3.21. The molecule has 24 heavy (non-hydrogen) atoms. The van der Waals surface area contributed by atoms with Gasteiger partial charge in [-0.1, -0.05) is 13.0 Å². The highest BCUT2D eigenvalue weighted by atomic mass is 19.4. The lowest BCUT2D eigenvalue weighted by atomic mass is 10.2. The van der Waals surface area contributed by atoms with Gasteiger partial charge in [-0.25, -0.2) is 4.39 Å². The van der Waals surface area contributed by atoms with Gasteiger partial charge in [0, 0.05) is 5.69 Å². The van der Waals surface area contributed by atoms with Crippen molar-refractivity contribution in [3.05, 3.63) is 59.9 Å². The van der Waals surface area contributed by atoms with E-state index in [4.69, 9.17) is 4.74 Å². The number of alkyl halides is 3. The maximum Gasteiger partial charge on any atom is 0.416 e. The van der Waals surface area contributed by atoms with Crippen molar-refractivity contribution >= 4 is 11.6 Å². The van der Waals surface area contributed by atoms with Gasteiger partial charge in [0.2, 0.25) is 0 Å². The topological polar surface area (TPSA) is 38.3 Å². The van der Waals surface area contributed by atoms with Gasteiger partial charge in [0.1, 0.15) is 11.6 Å². The number of carbonyl (C=O) groups is 1. The molecule has 3 nitrogen and oxygen atoms in total. The van der Waals surface area contributed by atoms with Crippen LogP contribution in [-0.2, 0) is 11.0 Å². The molecule has 0 fully saturated rings. The van der Waals surface area contributed by atoms with Crippen molar-refractivity contribution in [2.24, 2.45) is 0 Å². The summed E-state index contributed by atoms with van der Waals surface area (Å²) in [6, 6.07) is 9.45. The zero-order chi connectivity index (χ0) is 17.7. The Morgan fingerprint density at radius 3 is 2.42 bits per heavy atom. The molecule has 0 saturated carbocycles. The van der Waals surface area contributed by atoms with Crippen LogP contribution in [0.1, 0.15) is 18.9 Å². The Morgan fingerprint density at radius 1 is 1.17 bits per heavy atom. The van der Waals surface area contributed by atoms with Gasteiger partial charge in [-0.3, -0.25) is 4.79 Å². The van der Waals surface area contributed by atoms with Crippen LogP contribution in [0.2, 0.25) is 0 Å². The van der Waals surface area contributed by atoms with Crippen LogP contribution in [0.3, 0.4) is 0 Å². The first-order chi connectivity index (χ1) is 11.3. The highest BCUT2D eigenvalue weighted by Crippen LogP contribution is 2.30. The van der Waals surface area contributed by atoms with Gasteiger partial charge >= 0.3 is 6.18 Å². The smallest absolute Gasteiger partial charge is 0.416 e. The predicted molar refractivity (Wildman–Crippen MR) is 81.2 cm³/mol. The number of ether oxygens (including phenoxy) is 1. The fourth-order valence-corrected chi connectivity index (χ4v) is 2.00. The van der Waals surface area contributed by atoms with E-state index in [0.717, 1.165) is 12.1 Å². The number of benzene rings is 2. The number of hydrogen-bond acceptors (Lipinski definition) is 2. The normalized spacial score (nSPS) is 12.5. The van der Waals surface area contributed by atoms with Crippen LogP contribution in [0.25, 0.3) is 0 Å². The lowest BCUT2D eigenvalue weighted by molar-refractivity contribution is -0.137. The van der Waals surface area contributed by atoms with Gasteiger partial charge in [0.15, 0.2) is 6.10 Å². The van der Waals surface area contributed by atoms with Gasteiger partial charge in [0.05, 0.1) is 5.56 Å². The van der Waals surface area contributed by atoms with Gasteiger partial charge in [0.25, 0.3) is 5.91 Å². The maximum atomic E-state index is 12.9. The minimum Gasteiger partial charge on any atom is -0.481 e. The molecule has 128 valence electrons. The fraction of sp³-hybridized carbons (Fsp3) is 0.235. The summed E-state index contributed by atoms with van der Waals surface area (Å²) >= 11 is 0. The second-order valence-electron chi connectivity index (χ2n) is 5.04. The van der Waals surface area contributed by atoms with Crippen LogP contribution in [-0.4, -0.2) is 12.0 Å². The van der Waals surface area contributed by atoms with Crippen LogP contribution in [0.5, 0.6) is 5.75 Å². The molecule has 0 heterocycles. The molecule has 1 amide bonds. The van der Waals surface area contributed by atoms with Gasteiger partial charge < -0.3 is 10.1 Å². The standard InChI is InChI=1S/C17H15F4NO2/c1-2-15(24-14-8-6-12(18)7-9-14)16(23)22-13-5-3-4-11(10-13)17(19,20)21/h3-10,15H,2H2,1H3,(H,22,23). The minimum absolute atomic E-state index is 0.0241. The minimum atomic E-state index is -4.49. The van der Waals surface area contributed by atoms with Gasteiger partial charge in [-0.15, -0.1) is 0 Å². The van der Waals surface area contributed by atoms with E-state index in [1.807, 2.05) is 0 Å². The summed E-state index contributed by atoms with van der Waals surface area (Å²) in [5.41, 5.74) is -0.830. The quantitative estimate of drug-likeness (QED) is 0.805. The highest BCUT2D eigenvalue weighted by molar-refractivity contribution is 5.94. The monoisotopic (exact) mass is 341 g/mol. The number of anilines is 1. The molecule has 0 aliphatic heterocycles. The van der Waals surface area contributed by atoms with E-state index in [1.165, 1.54) is 36.4 Å². The average Bonchev–Trinajstić information content (AvgIpc) is 2.53. The van der Waals surface area contributed by atoms with Crippen LogP contribution >= 0.6 is 0 Å². The molecule has 0 spiro atoms. The number of nitrogens with one attached hydrogen (secondary N) is 1. The summed E-state index contributed by atoms with van der Waals surface area (Å²) in [6.45, 7) is 1.69. The Kier molecular flexibility index (Phi) is 5.43. The fourth-order valence-electron chi connectivity index (χ4n) is 2.00. The van der Waals surface area contributed by atoms with E-state index in [1.54, 1.807) is 6.92 Å². The molecule has 7 heteroatoms. The molecule has 1 unspecified atom stereocenters. The third kappa shape index (κ3) is 4.71. The zero-order valence-corrected chi connectivity index (χ0v) is 12.7. The first kappa shape index (κ1) is 17.8. The number of hydrogen-bond donors (Lipinski definition) is 1. The zero-order valence-electron chi connectivity index (χ0n) is 12.7. The molecule has 2 aromatic rings. The van der Waals surface area contributed by atoms with Gasteiger partial charge in [-0.05, 0) is 48.9 Å². The van der Waals surface area contributed by atoms with E-state index in [2.05, 4.69) is 5.32 Å². The van der Waals surface area contributed by atoms with Crippen molar-refractivity contribution < 1.29 is 27.1 Å². The first-order valence-corrected chi connectivity index (χ1v) is 7.20. The third-order valence-electron chi connectivity index (χ3n) is 3.21. The van der Waals surface area contributed by atoms with Crippen LogP contribution in [0.4, 0.5) is 23.2 Å². The van der Waals surface area contributed by atoms with Crippen molar-refractivity contribution in [1.82, 2.24) is 0 Å². The molecular formula is C17H15F4NO2. The predicted octanol–water partition coefficient (Wildman–Crippen LogP) is 4.64. The van der Waals surface area contributed by atoms with Crippen molar-refractivity contribution in [2.45, 2.75) is 25.6 Å². The van der Waals surface area contributed by atoms with Crippen molar-refractivity contribution in [1.29, 1.82) is 0 Å². The lowest BCUT2D eigenvalue weighted by Crippen LogP contribution is -2.32. The second kappa shape index (κ2) is 7.33. The van der Waals surface area contributed by atoms with E-state index in [9.17, 15) is 22.4 Å². The van der Waals surface area contributed by atoms with Gasteiger partial charge in [-0.2, -0.15) is 13.2 Å². The van der Waals surface area contributed by atoms with Crippen LogP contribution in [0, 0.1) is 5.82 Å². The van der Waals surface area contributed by atoms with E-state index < -0.39 is 29.6 Å². The Balaban J connectivity index is 2.08. The Bertz CT molecular complexity index is 698. The molecule has 0 aliphatic rings. The van der Waals surface area contributed by atoms with Crippen LogP contribution < -0.4 is 10.1 Å². The van der Waals surface area contributed by atoms with Crippen molar-refractivity contribution in [2.75, 3.05) is 5.32 Å². The number of amides is 1. The molecule has 2 rings (SSSR count). The molecule has 0 aliphatic carbocycles. The largest absolute Gasteiger partial charge is 0.481 e. The molecular weight excluding hydrogens is 326 g/mol. The summed E-state index contributed by atoms with van der Waals surface area (Å²) < 4.78 is 56.4. The summed E-state index contributed by atoms with van der Waals surface area (Å²) in [6.07, 6.45) is -5.11. The molecule has 1 N–H and O–H groups in total. The molecule has 0 saturated heterocycles. The van der Waals surface area contributed by atoms with E-state index >= 15 is 0 Å². The first-order valence-electron chi connectivity index (χ1n) is 7.20. The number of rotatable bonds is 5. The Hall–Kier alpha value is -2.57. The van der Waals surface area contributed by atoms with E-state index in [0.29, 0.717) is 12.2 Å². The highest BCUT2D eigenvalue weighted by Gasteiger charge is 2.30. The summed E-state index contributed by atoms with van der Waals surface area (Å²) in [4.78, 5) is 12.2. The number of carbonyl (C=O) groups excluding carboxylic acids is 1. The molecule has 0 bridgehead atoms. The number of halogens is 4.